The molecular formula is C25H21N3O2. The van der Waals surface area contributed by atoms with Crippen LogP contribution in [0.5, 0.6) is 0 Å². The van der Waals surface area contributed by atoms with Gasteiger partial charge in [0.1, 0.15) is 6.54 Å². The van der Waals surface area contributed by atoms with Crippen molar-refractivity contribution in [2.24, 2.45) is 7.05 Å². The van der Waals surface area contributed by atoms with Gasteiger partial charge in [0.2, 0.25) is 5.91 Å². The molecule has 0 bridgehead atoms. The minimum absolute atomic E-state index is 0.0176. The predicted octanol–water partition coefficient (Wildman–Crippen LogP) is 4.36. The van der Waals surface area contributed by atoms with Crippen LogP contribution in [0.15, 0.2) is 85.1 Å². The number of hydrogen-bond acceptors (Lipinski definition) is 2. The first-order valence-corrected chi connectivity index (χ1v) is 9.92. The Morgan fingerprint density at radius 3 is 2.43 bits per heavy atom. The molecule has 5 nitrogen and oxygen atoms in total. The Labute approximate surface area is 174 Å². The van der Waals surface area contributed by atoms with E-state index in [1.165, 1.54) is 0 Å². The molecule has 3 aromatic carbocycles. The summed E-state index contributed by atoms with van der Waals surface area (Å²) in [5, 5.41) is 3.98. The van der Waals surface area contributed by atoms with Crippen LogP contribution in [0.3, 0.4) is 0 Å². The van der Waals surface area contributed by atoms with Gasteiger partial charge in [-0.3, -0.25) is 9.59 Å². The van der Waals surface area contributed by atoms with Gasteiger partial charge in [-0.15, -0.1) is 0 Å². The molecule has 0 saturated heterocycles. The van der Waals surface area contributed by atoms with Gasteiger partial charge in [-0.1, -0.05) is 54.6 Å². The molecular weight excluding hydrogens is 374 g/mol. The number of benzene rings is 3. The van der Waals surface area contributed by atoms with E-state index in [1.54, 1.807) is 4.90 Å². The molecule has 1 aliphatic heterocycles. The maximum Gasteiger partial charge on any atom is 0.255 e. The zero-order valence-electron chi connectivity index (χ0n) is 16.6. The van der Waals surface area contributed by atoms with Crippen LogP contribution in [-0.2, 0) is 11.8 Å². The third kappa shape index (κ3) is 2.95. The zero-order valence-corrected chi connectivity index (χ0v) is 16.6. The molecule has 1 aliphatic rings. The summed E-state index contributed by atoms with van der Waals surface area (Å²) in [7, 11) is 2.00. The van der Waals surface area contributed by atoms with Crippen molar-refractivity contribution in [1.29, 1.82) is 0 Å². The second kappa shape index (κ2) is 7.19. The number of nitrogens with one attached hydrogen (secondary N) is 1. The monoisotopic (exact) mass is 395 g/mol. The predicted molar refractivity (Wildman–Crippen MR) is 117 cm³/mol. The molecule has 5 rings (SSSR count). The molecule has 1 N–H and O–H groups in total. The van der Waals surface area contributed by atoms with Gasteiger partial charge >= 0.3 is 0 Å². The molecule has 0 spiro atoms. The lowest BCUT2D eigenvalue weighted by molar-refractivity contribution is -0.117. The minimum Gasteiger partial charge on any atom is -0.350 e. The van der Waals surface area contributed by atoms with Gasteiger partial charge in [-0.05, 0) is 29.8 Å². The Kier molecular flexibility index (Phi) is 4.36. The number of hydrogen-bond donors (Lipinski definition) is 1. The number of aromatic nitrogens is 1. The van der Waals surface area contributed by atoms with Crippen molar-refractivity contribution in [3.63, 3.8) is 0 Å². The van der Waals surface area contributed by atoms with E-state index >= 15 is 0 Å². The fourth-order valence-electron chi connectivity index (χ4n) is 4.34. The molecule has 0 unspecified atom stereocenters. The molecule has 148 valence electrons. The van der Waals surface area contributed by atoms with E-state index in [2.05, 4.69) is 28.2 Å². The number of nitrogens with zero attached hydrogens (tertiary/aromatic N) is 2. The third-order valence-electron chi connectivity index (χ3n) is 5.65. The highest BCUT2D eigenvalue weighted by molar-refractivity contribution is 6.04. The summed E-state index contributed by atoms with van der Waals surface area (Å²) in [5.41, 5.74) is 4.43. The van der Waals surface area contributed by atoms with Crippen molar-refractivity contribution in [2.75, 3.05) is 11.9 Å². The van der Waals surface area contributed by atoms with E-state index in [1.807, 2.05) is 73.8 Å². The topological polar surface area (TPSA) is 54.3 Å². The fourth-order valence-corrected chi connectivity index (χ4v) is 4.34. The number of rotatable bonds is 4. The lowest BCUT2D eigenvalue weighted by atomic mass is 9.97. The average molecular weight is 395 g/mol. The van der Waals surface area contributed by atoms with E-state index in [4.69, 9.17) is 0 Å². The Hall–Kier alpha value is -3.86. The van der Waals surface area contributed by atoms with Crippen LogP contribution in [0.25, 0.3) is 10.9 Å². The van der Waals surface area contributed by atoms with Crippen molar-refractivity contribution < 1.29 is 9.59 Å². The minimum atomic E-state index is -0.304. The van der Waals surface area contributed by atoms with Gasteiger partial charge in [-0.2, -0.15) is 0 Å². The van der Waals surface area contributed by atoms with Gasteiger partial charge in [0.05, 0.1) is 6.04 Å². The second-order valence-electron chi connectivity index (χ2n) is 7.55. The van der Waals surface area contributed by atoms with Crippen LogP contribution >= 0.6 is 0 Å². The summed E-state index contributed by atoms with van der Waals surface area (Å²) in [6.07, 6.45) is 2.06. The van der Waals surface area contributed by atoms with Gasteiger partial charge in [-0.25, -0.2) is 0 Å². The van der Waals surface area contributed by atoms with Crippen molar-refractivity contribution >= 4 is 28.4 Å². The molecule has 0 radical (unpaired) electrons. The van der Waals surface area contributed by atoms with Crippen molar-refractivity contribution in [1.82, 2.24) is 9.47 Å². The van der Waals surface area contributed by atoms with E-state index in [0.717, 1.165) is 22.0 Å². The molecule has 30 heavy (non-hydrogen) atoms. The SMILES string of the molecule is Cn1cc([C@@H]2c3ccccc3C(=O)N2CC(=O)Nc2ccccc2)c2ccccc21. The third-order valence-corrected chi connectivity index (χ3v) is 5.65. The molecule has 4 aromatic rings. The number of amides is 2. The second-order valence-corrected chi connectivity index (χ2v) is 7.55. The van der Waals surface area contributed by atoms with Crippen LogP contribution < -0.4 is 5.32 Å². The molecule has 0 aliphatic carbocycles. The van der Waals surface area contributed by atoms with Crippen LogP contribution in [0.4, 0.5) is 5.69 Å². The maximum atomic E-state index is 13.3. The smallest absolute Gasteiger partial charge is 0.255 e. The number of fused-ring (bicyclic) bond motifs is 2. The normalized spacial score (nSPS) is 15.4. The van der Waals surface area contributed by atoms with Gasteiger partial charge < -0.3 is 14.8 Å². The Morgan fingerprint density at radius 2 is 1.60 bits per heavy atom. The van der Waals surface area contributed by atoms with Crippen molar-refractivity contribution in [2.45, 2.75) is 6.04 Å². The Morgan fingerprint density at radius 1 is 0.900 bits per heavy atom. The molecule has 1 aromatic heterocycles. The van der Waals surface area contributed by atoms with Gasteiger partial charge in [0, 0.05) is 41.0 Å². The zero-order chi connectivity index (χ0) is 20.7. The molecule has 0 saturated carbocycles. The van der Waals surface area contributed by atoms with E-state index in [9.17, 15) is 9.59 Å². The number of anilines is 1. The number of aryl methyl sites for hydroxylation is 1. The summed E-state index contributed by atoms with van der Waals surface area (Å²) in [6, 6.07) is 24.8. The summed E-state index contributed by atoms with van der Waals surface area (Å²) in [6.45, 7) is -0.0176. The quantitative estimate of drug-likeness (QED) is 0.558. The lowest BCUT2D eigenvalue weighted by Gasteiger charge is -2.25. The average Bonchev–Trinajstić information content (AvgIpc) is 3.23. The first kappa shape index (κ1) is 18.2. The standard InChI is InChI=1S/C25H21N3O2/c1-27-15-21(18-11-7-8-14-22(18)27)24-19-12-5-6-13-20(19)25(30)28(24)16-23(29)26-17-9-3-2-4-10-17/h2-15,24H,16H2,1H3,(H,26,29)/t24-/m0/s1. The van der Waals surface area contributed by atoms with E-state index < -0.39 is 0 Å². The first-order chi connectivity index (χ1) is 14.6. The van der Waals surface area contributed by atoms with Crippen LogP contribution in [0, 0.1) is 0 Å². The Bertz CT molecular complexity index is 1260. The highest BCUT2D eigenvalue weighted by Crippen LogP contribution is 2.41. The summed E-state index contributed by atoms with van der Waals surface area (Å²) in [5.74, 6) is -0.334. The number of carbonyl (C=O) groups excluding carboxylic acids is 2. The van der Waals surface area contributed by atoms with Gasteiger partial charge in [0.25, 0.3) is 5.91 Å². The summed E-state index contributed by atoms with van der Waals surface area (Å²) in [4.78, 5) is 27.7. The summed E-state index contributed by atoms with van der Waals surface area (Å²) < 4.78 is 2.07. The first-order valence-electron chi connectivity index (χ1n) is 9.92. The fraction of sp³-hybridized carbons (Fsp3) is 0.120. The van der Waals surface area contributed by atoms with Crippen molar-refractivity contribution in [3.8, 4) is 0 Å². The van der Waals surface area contributed by atoms with E-state index in [0.29, 0.717) is 11.3 Å². The summed E-state index contributed by atoms with van der Waals surface area (Å²) >= 11 is 0. The molecule has 5 heteroatoms. The number of carbonyl (C=O) groups is 2. The Balaban J connectivity index is 1.55. The van der Waals surface area contributed by atoms with Crippen molar-refractivity contribution in [3.05, 3.63) is 102 Å². The van der Waals surface area contributed by atoms with E-state index in [-0.39, 0.29) is 24.4 Å². The molecule has 0 fully saturated rings. The highest BCUT2D eigenvalue weighted by Gasteiger charge is 2.39. The lowest BCUT2D eigenvalue weighted by Crippen LogP contribution is -2.36. The van der Waals surface area contributed by atoms with Crippen LogP contribution in [-0.4, -0.2) is 27.8 Å². The largest absolute Gasteiger partial charge is 0.350 e. The molecule has 2 heterocycles. The van der Waals surface area contributed by atoms with Crippen LogP contribution in [0.2, 0.25) is 0 Å². The maximum absolute atomic E-state index is 13.3. The van der Waals surface area contributed by atoms with Crippen LogP contribution in [0.1, 0.15) is 27.5 Å². The van der Waals surface area contributed by atoms with Gasteiger partial charge in [0.15, 0.2) is 0 Å². The highest BCUT2D eigenvalue weighted by atomic mass is 16.2. The molecule has 1 atom stereocenters. The number of para-hydroxylation sites is 2. The molecule has 2 amide bonds.